The van der Waals surface area contributed by atoms with E-state index >= 15 is 0 Å². The number of hydrogen-bond donors (Lipinski definition) is 1. The minimum Gasteiger partial charge on any atom is -0.370 e. The van der Waals surface area contributed by atoms with E-state index in [0.29, 0.717) is 11.4 Å². The highest BCUT2D eigenvalue weighted by Gasteiger charge is 2.10. The molecule has 1 aliphatic rings. The second kappa shape index (κ2) is 3.56. The van der Waals surface area contributed by atoms with Gasteiger partial charge in [0, 0.05) is 13.1 Å². The van der Waals surface area contributed by atoms with E-state index in [1.807, 2.05) is 6.07 Å². The molecule has 0 bridgehead atoms. The van der Waals surface area contributed by atoms with Crippen LogP contribution in [0.1, 0.15) is 12.0 Å². The lowest BCUT2D eigenvalue weighted by molar-refractivity contribution is 0.621. The smallest absolute Gasteiger partial charge is 0.134 e. The Hall–Kier alpha value is -1.38. The molecule has 3 heteroatoms. The first-order valence-electron chi connectivity index (χ1n) is 4.41. The Morgan fingerprint density at radius 3 is 2.85 bits per heavy atom. The van der Waals surface area contributed by atoms with Crippen LogP contribution in [0.2, 0.25) is 0 Å². The van der Waals surface area contributed by atoms with E-state index in [9.17, 15) is 4.39 Å². The highest BCUT2D eigenvalue weighted by molar-refractivity contribution is 5.99. The maximum Gasteiger partial charge on any atom is 0.134 e. The summed E-state index contributed by atoms with van der Waals surface area (Å²) in [5, 5.41) is 3.09. The molecule has 1 heterocycles. The molecule has 68 valence electrons. The van der Waals surface area contributed by atoms with E-state index in [4.69, 9.17) is 0 Å². The first-order chi connectivity index (χ1) is 6.38. The van der Waals surface area contributed by atoms with Crippen molar-refractivity contribution in [1.82, 2.24) is 5.32 Å². The molecule has 1 aromatic rings. The number of halogens is 1. The van der Waals surface area contributed by atoms with E-state index in [1.54, 1.807) is 12.1 Å². The summed E-state index contributed by atoms with van der Waals surface area (Å²) in [6, 6.07) is 6.69. The Kier molecular flexibility index (Phi) is 2.25. The normalized spacial score (nSPS) is 16.2. The van der Waals surface area contributed by atoms with E-state index in [2.05, 4.69) is 10.3 Å². The number of nitrogens with zero attached hydrogens (tertiary/aromatic N) is 1. The Labute approximate surface area is 76.5 Å². The van der Waals surface area contributed by atoms with Gasteiger partial charge < -0.3 is 5.32 Å². The van der Waals surface area contributed by atoms with Gasteiger partial charge in [-0.2, -0.15) is 0 Å². The highest BCUT2D eigenvalue weighted by Crippen LogP contribution is 2.08. The highest BCUT2D eigenvalue weighted by atomic mass is 19.1. The quantitative estimate of drug-likeness (QED) is 0.693. The molecule has 2 rings (SSSR count). The van der Waals surface area contributed by atoms with Gasteiger partial charge in [0.25, 0.3) is 0 Å². The molecule has 1 aliphatic heterocycles. The fourth-order valence-corrected chi connectivity index (χ4v) is 1.37. The topological polar surface area (TPSA) is 24.4 Å². The SMILES string of the molecule is Fc1ccccc1C1=NCCCN1. The fourth-order valence-electron chi connectivity index (χ4n) is 1.37. The van der Waals surface area contributed by atoms with Crippen LogP contribution in [0.25, 0.3) is 0 Å². The van der Waals surface area contributed by atoms with Crippen molar-refractivity contribution >= 4 is 5.84 Å². The van der Waals surface area contributed by atoms with Gasteiger partial charge in [-0.1, -0.05) is 12.1 Å². The van der Waals surface area contributed by atoms with Gasteiger partial charge in [0.05, 0.1) is 5.56 Å². The summed E-state index contributed by atoms with van der Waals surface area (Å²) < 4.78 is 13.3. The lowest BCUT2D eigenvalue weighted by Crippen LogP contribution is -2.30. The Morgan fingerprint density at radius 2 is 2.15 bits per heavy atom. The van der Waals surface area contributed by atoms with Gasteiger partial charge in [-0.05, 0) is 18.6 Å². The number of benzene rings is 1. The van der Waals surface area contributed by atoms with Crippen molar-refractivity contribution in [3.63, 3.8) is 0 Å². The van der Waals surface area contributed by atoms with Gasteiger partial charge in [-0.25, -0.2) is 4.39 Å². The predicted molar refractivity (Wildman–Crippen MR) is 50.4 cm³/mol. The average molecular weight is 178 g/mol. The van der Waals surface area contributed by atoms with Gasteiger partial charge in [-0.3, -0.25) is 4.99 Å². The Balaban J connectivity index is 2.34. The van der Waals surface area contributed by atoms with Crippen molar-refractivity contribution in [1.29, 1.82) is 0 Å². The molecule has 0 unspecified atom stereocenters. The Morgan fingerprint density at radius 1 is 1.31 bits per heavy atom. The summed E-state index contributed by atoms with van der Waals surface area (Å²) in [7, 11) is 0. The number of rotatable bonds is 1. The molecular weight excluding hydrogens is 167 g/mol. The summed E-state index contributed by atoms with van der Waals surface area (Å²) in [5.74, 6) is 0.472. The second-order valence-corrected chi connectivity index (χ2v) is 2.99. The number of nitrogens with one attached hydrogen (secondary N) is 1. The zero-order valence-electron chi connectivity index (χ0n) is 7.26. The van der Waals surface area contributed by atoms with Gasteiger partial charge >= 0.3 is 0 Å². The maximum absolute atomic E-state index is 13.3. The van der Waals surface area contributed by atoms with Crippen molar-refractivity contribution in [2.45, 2.75) is 6.42 Å². The monoisotopic (exact) mass is 178 g/mol. The molecule has 0 aliphatic carbocycles. The minimum absolute atomic E-state index is 0.212. The van der Waals surface area contributed by atoms with Crippen molar-refractivity contribution in [2.24, 2.45) is 4.99 Å². The van der Waals surface area contributed by atoms with Gasteiger partial charge in [0.1, 0.15) is 11.7 Å². The molecule has 0 saturated heterocycles. The number of amidine groups is 1. The van der Waals surface area contributed by atoms with Gasteiger partial charge in [0.2, 0.25) is 0 Å². The zero-order valence-corrected chi connectivity index (χ0v) is 7.26. The number of aliphatic imine (C=N–C) groups is 1. The lowest BCUT2D eigenvalue weighted by Gasteiger charge is -2.14. The van der Waals surface area contributed by atoms with Crippen LogP contribution in [0.4, 0.5) is 4.39 Å². The maximum atomic E-state index is 13.3. The van der Waals surface area contributed by atoms with Crippen LogP contribution in [-0.4, -0.2) is 18.9 Å². The third kappa shape index (κ3) is 1.69. The third-order valence-corrected chi connectivity index (χ3v) is 2.03. The molecule has 1 N–H and O–H groups in total. The van der Waals surface area contributed by atoms with E-state index < -0.39 is 0 Å². The van der Waals surface area contributed by atoms with Crippen molar-refractivity contribution < 1.29 is 4.39 Å². The fraction of sp³-hybridized carbons (Fsp3) is 0.300. The van der Waals surface area contributed by atoms with Crippen LogP contribution >= 0.6 is 0 Å². The second-order valence-electron chi connectivity index (χ2n) is 2.99. The zero-order chi connectivity index (χ0) is 9.10. The summed E-state index contributed by atoms with van der Waals surface area (Å²) in [6.07, 6.45) is 1.03. The molecule has 13 heavy (non-hydrogen) atoms. The van der Waals surface area contributed by atoms with Gasteiger partial charge in [-0.15, -0.1) is 0 Å². The third-order valence-electron chi connectivity index (χ3n) is 2.03. The summed E-state index contributed by atoms with van der Waals surface area (Å²) >= 11 is 0. The standard InChI is InChI=1S/C10H11FN2/c11-9-5-2-1-4-8(9)10-12-6-3-7-13-10/h1-2,4-5H,3,6-7H2,(H,12,13). The van der Waals surface area contributed by atoms with E-state index in [1.165, 1.54) is 6.07 Å². The molecule has 0 spiro atoms. The minimum atomic E-state index is -0.212. The molecule has 2 nitrogen and oxygen atoms in total. The van der Waals surface area contributed by atoms with Gasteiger partial charge in [0.15, 0.2) is 0 Å². The van der Waals surface area contributed by atoms with Crippen molar-refractivity contribution in [3.05, 3.63) is 35.6 Å². The van der Waals surface area contributed by atoms with Crippen LogP contribution in [0.15, 0.2) is 29.3 Å². The van der Waals surface area contributed by atoms with E-state index in [0.717, 1.165) is 19.5 Å². The van der Waals surface area contributed by atoms with Crippen LogP contribution in [0.3, 0.4) is 0 Å². The lowest BCUT2D eigenvalue weighted by atomic mass is 10.1. The van der Waals surface area contributed by atoms with Crippen molar-refractivity contribution in [3.8, 4) is 0 Å². The molecule has 0 fully saturated rings. The molecule has 0 saturated carbocycles. The molecule has 1 aromatic carbocycles. The average Bonchev–Trinajstić information content (AvgIpc) is 2.20. The molecular formula is C10H11FN2. The predicted octanol–water partition coefficient (Wildman–Crippen LogP) is 1.57. The summed E-state index contributed by atoms with van der Waals surface area (Å²) in [5.41, 5.74) is 0.571. The molecule has 0 aromatic heterocycles. The molecule has 0 amide bonds. The molecule has 0 atom stereocenters. The van der Waals surface area contributed by atoms with Crippen LogP contribution in [0, 0.1) is 5.82 Å². The van der Waals surface area contributed by atoms with E-state index in [-0.39, 0.29) is 5.82 Å². The Bertz CT molecular complexity index is 333. The largest absolute Gasteiger partial charge is 0.370 e. The molecule has 0 radical (unpaired) electrons. The first-order valence-corrected chi connectivity index (χ1v) is 4.41. The summed E-state index contributed by atoms with van der Waals surface area (Å²) in [4.78, 5) is 4.23. The van der Waals surface area contributed by atoms with Crippen LogP contribution in [0.5, 0.6) is 0 Å². The summed E-state index contributed by atoms with van der Waals surface area (Å²) in [6.45, 7) is 1.67. The van der Waals surface area contributed by atoms with Crippen LogP contribution in [-0.2, 0) is 0 Å². The van der Waals surface area contributed by atoms with Crippen molar-refractivity contribution in [2.75, 3.05) is 13.1 Å². The first kappa shape index (κ1) is 8.23. The number of hydrogen-bond acceptors (Lipinski definition) is 2. The van der Waals surface area contributed by atoms with Crippen LogP contribution < -0.4 is 5.32 Å².